The van der Waals surface area contributed by atoms with E-state index in [4.69, 9.17) is 14.7 Å². The quantitative estimate of drug-likeness (QED) is 0.460. The van der Waals surface area contributed by atoms with E-state index in [2.05, 4.69) is 16.9 Å². The predicted molar refractivity (Wildman–Crippen MR) is 99.4 cm³/mol. The summed E-state index contributed by atoms with van der Waals surface area (Å²) in [7, 11) is 1.67. The maximum absolute atomic E-state index is 11.7. The van der Waals surface area contributed by atoms with E-state index in [9.17, 15) is 4.79 Å². The van der Waals surface area contributed by atoms with Crippen LogP contribution >= 0.6 is 0 Å². The van der Waals surface area contributed by atoms with Gasteiger partial charge in [0.1, 0.15) is 0 Å². The number of hydrogen-bond acceptors (Lipinski definition) is 5. The fourth-order valence-corrected chi connectivity index (χ4v) is 4.02. The van der Waals surface area contributed by atoms with Gasteiger partial charge in [-0.25, -0.2) is 0 Å². The molecule has 2 fully saturated rings. The first-order valence-electron chi connectivity index (χ1n) is 9.15. The summed E-state index contributed by atoms with van der Waals surface area (Å²) >= 11 is 0. The molecule has 136 valence electrons. The van der Waals surface area contributed by atoms with Crippen LogP contribution in [0.25, 0.3) is 0 Å². The Morgan fingerprint density at radius 2 is 1.77 bits per heavy atom. The summed E-state index contributed by atoms with van der Waals surface area (Å²) in [6, 6.07) is 6.18. The topological polar surface area (TPSA) is 68.5 Å². The fraction of sp³-hybridized carbons (Fsp3) is 0.600. The molecule has 0 heterocycles. The van der Waals surface area contributed by atoms with Crippen molar-refractivity contribution in [3.05, 3.63) is 23.8 Å². The van der Waals surface area contributed by atoms with Crippen molar-refractivity contribution in [1.29, 1.82) is 5.26 Å². The number of nitrogens with zero attached hydrogens (tertiary/aromatic N) is 1. The van der Waals surface area contributed by atoms with Crippen LogP contribution in [0.2, 0.25) is 0 Å². The molecular weight excluding hydrogens is 325 g/mol. The number of hydrogen-bond donors (Lipinski definition) is 0. The summed E-state index contributed by atoms with van der Waals surface area (Å²) in [4.78, 5) is 11.7. The van der Waals surface area contributed by atoms with E-state index >= 15 is 0 Å². The van der Waals surface area contributed by atoms with Crippen molar-refractivity contribution in [3.63, 3.8) is 0 Å². The van der Waals surface area contributed by atoms with Crippen molar-refractivity contribution in [2.75, 3.05) is 7.11 Å². The minimum atomic E-state index is -0.388. The molecule has 5 nitrogen and oxygen atoms in total. The molecule has 0 aromatic heterocycles. The third-order valence-corrected chi connectivity index (χ3v) is 5.46. The molecule has 0 bridgehead atoms. The average molecular weight is 351 g/mol. The summed E-state index contributed by atoms with van der Waals surface area (Å²) in [6.07, 6.45) is 9.81. The molecule has 26 heavy (non-hydrogen) atoms. The van der Waals surface area contributed by atoms with Crippen molar-refractivity contribution >= 4 is 24.8 Å². The Hall–Kier alpha value is -1.62. The Bertz CT molecular complexity index is 644. The fourth-order valence-electron chi connectivity index (χ4n) is 4.02. The summed E-state index contributed by atoms with van der Waals surface area (Å²) in [5, 5.41) is 8.48. The molecule has 0 saturated heterocycles. The van der Waals surface area contributed by atoms with Crippen molar-refractivity contribution in [1.82, 2.24) is 0 Å². The number of rotatable bonds is 5. The molecular formula is C20H26LiNO4. The molecule has 0 amide bonds. The van der Waals surface area contributed by atoms with E-state index < -0.39 is 0 Å². The SMILES string of the molecule is COc1ccc(C2CCC(C(=O)OC#N)CC2)cc1OC1CCCC1.[LiH]. The molecule has 0 spiro atoms. The van der Waals surface area contributed by atoms with E-state index in [1.165, 1.54) is 24.7 Å². The number of methoxy groups -OCH3 is 1. The molecule has 2 aliphatic carbocycles. The number of carbonyl (C=O) groups is 1. The molecule has 0 atom stereocenters. The molecule has 0 N–H and O–H groups in total. The second kappa shape index (κ2) is 9.91. The Kier molecular flexibility index (Phi) is 7.88. The van der Waals surface area contributed by atoms with Gasteiger partial charge in [-0.2, -0.15) is 0 Å². The standard InChI is InChI=1S/C20H25NO4.Li.H/c1-23-18-11-10-16(12-19(18)25-17-4-2-3-5-17)14-6-8-15(9-7-14)20(22)24-13-21;;/h10-12,14-15,17H,2-9H2,1H3;;. The number of ether oxygens (including phenoxy) is 3. The summed E-state index contributed by atoms with van der Waals surface area (Å²) in [6.45, 7) is 0. The van der Waals surface area contributed by atoms with Crippen molar-refractivity contribution in [2.45, 2.75) is 63.4 Å². The molecule has 0 radical (unpaired) electrons. The van der Waals surface area contributed by atoms with E-state index in [-0.39, 0.29) is 30.7 Å². The zero-order valence-electron chi connectivity index (χ0n) is 14.7. The first-order valence-corrected chi connectivity index (χ1v) is 9.15. The van der Waals surface area contributed by atoms with Gasteiger partial charge < -0.3 is 14.2 Å². The maximum atomic E-state index is 11.7. The van der Waals surface area contributed by atoms with Crippen LogP contribution in [0.4, 0.5) is 0 Å². The van der Waals surface area contributed by atoms with Gasteiger partial charge in [0.05, 0.1) is 19.1 Å². The van der Waals surface area contributed by atoms with Gasteiger partial charge >= 0.3 is 24.8 Å². The molecule has 1 aromatic carbocycles. The van der Waals surface area contributed by atoms with Crippen LogP contribution in [-0.2, 0) is 9.53 Å². The van der Waals surface area contributed by atoms with Crippen LogP contribution in [0.1, 0.15) is 62.8 Å². The van der Waals surface area contributed by atoms with E-state index in [0.29, 0.717) is 12.0 Å². The summed E-state index contributed by atoms with van der Waals surface area (Å²) in [5.41, 5.74) is 1.24. The van der Waals surface area contributed by atoms with Gasteiger partial charge in [0.25, 0.3) is 6.26 Å². The number of benzene rings is 1. The predicted octanol–water partition coefficient (Wildman–Crippen LogP) is 3.67. The second-order valence-corrected chi connectivity index (χ2v) is 7.00. The van der Waals surface area contributed by atoms with Gasteiger partial charge in [-0.1, -0.05) is 6.07 Å². The van der Waals surface area contributed by atoms with Gasteiger partial charge in [0, 0.05) is 0 Å². The van der Waals surface area contributed by atoms with E-state index in [1.807, 2.05) is 6.07 Å². The Morgan fingerprint density at radius 1 is 1.08 bits per heavy atom. The Morgan fingerprint density at radius 3 is 2.38 bits per heavy atom. The van der Waals surface area contributed by atoms with Crippen LogP contribution in [0, 0.1) is 17.4 Å². The number of nitriles is 1. The molecule has 2 saturated carbocycles. The first kappa shape index (κ1) is 20.7. The zero-order chi connectivity index (χ0) is 17.6. The third kappa shape index (κ3) is 4.97. The monoisotopic (exact) mass is 351 g/mol. The van der Waals surface area contributed by atoms with Gasteiger partial charge in [0.2, 0.25) is 0 Å². The van der Waals surface area contributed by atoms with Crippen LogP contribution in [0.5, 0.6) is 11.5 Å². The molecule has 2 aliphatic rings. The van der Waals surface area contributed by atoms with Crippen LogP contribution < -0.4 is 9.47 Å². The number of esters is 1. The first-order chi connectivity index (χ1) is 12.2. The Labute approximate surface area is 167 Å². The van der Waals surface area contributed by atoms with Crippen LogP contribution in [-0.4, -0.2) is 38.0 Å². The Balaban J connectivity index is 0.00000243. The zero-order valence-corrected chi connectivity index (χ0v) is 14.7. The van der Waals surface area contributed by atoms with Crippen molar-refractivity contribution in [3.8, 4) is 17.8 Å². The molecule has 1 aromatic rings. The minimum absolute atomic E-state index is 0. The van der Waals surface area contributed by atoms with E-state index in [0.717, 1.165) is 50.0 Å². The molecule has 0 aliphatic heterocycles. The van der Waals surface area contributed by atoms with Gasteiger partial charge in [-0.3, -0.25) is 4.79 Å². The van der Waals surface area contributed by atoms with Gasteiger partial charge in [-0.05, 0) is 75.0 Å². The van der Waals surface area contributed by atoms with Crippen molar-refractivity contribution < 1.29 is 19.0 Å². The normalized spacial score (nSPS) is 22.8. The van der Waals surface area contributed by atoms with E-state index in [1.54, 1.807) is 7.11 Å². The summed E-state index contributed by atoms with van der Waals surface area (Å²) < 4.78 is 16.1. The third-order valence-electron chi connectivity index (χ3n) is 5.46. The number of carbonyl (C=O) groups excluding carboxylic acids is 1. The average Bonchev–Trinajstić information content (AvgIpc) is 3.15. The summed E-state index contributed by atoms with van der Waals surface area (Å²) in [5.74, 6) is 1.48. The second-order valence-electron chi connectivity index (χ2n) is 7.00. The van der Waals surface area contributed by atoms with Crippen molar-refractivity contribution in [2.24, 2.45) is 5.92 Å². The van der Waals surface area contributed by atoms with Gasteiger partial charge in [0.15, 0.2) is 11.5 Å². The van der Waals surface area contributed by atoms with Crippen LogP contribution in [0.3, 0.4) is 0 Å². The molecule has 0 unspecified atom stereocenters. The van der Waals surface area contributed by atoms with Gasteiger partial charge in [-0.15, -0.1) is 5.26 Å². The van der Waals surface area contributed by atoms with Crippen LogP contribution in [0.15, 0.2) is 18.2 Å². The molecule has 6 heteroatoms. The molecule has 3 rings (SSSR count).